The molecule has 0 aliphatic carbocycles. The maximum atomic E-state index is 12.2. The van der Waals surface area contributed by atoms with Crippen LogP contribution in [0, 0.1) is 13.8 Å². The number of amides is 1. The predicted molar refractivity (Wildman–Crippen MR) is 113 cm³/mol. The van der Waals surface area contributed by atoms with E-state index in [1.807, 2.05) is 19.1 Å². The fourth-order valence-electron chi connectivity index (χ4n) is 2.80. The minimum Gasteiger partial charge on any atom is -0.267 e. The molecule has 28 heavy (non-hydrogen) atoms. The van der Waals surface area contributed by atoms with Crippen LogP contribution in [0.1, 0.15) is 45.2 Å². The van der Waals surface area contributed by atoms with Crippen molar-refractivity contribution >= 4 is 23.7 Å². The summed E-state index contributed by atoms with van der Waals surface area (Å²) in [6.45, 7) is 6.56. The first-order chi connectivity index (χ1) is 13.5. The van der Waals surface area contributed by atoms with Gasteiger partial charge in [0.25, 0.3) is 5.91 Å². The van der Waals surface area contributed by atoms with Crippen LogP contribution in [-0.2, 0) is 13.0 Å². The molecule has 5 nitrogen and oxygen atoms in total. The van der Waals surface area contributed by atoms with Gasteiger partial charge < -0.3 is 0 Å². The Kier molecular flexibility index (Phi) is 6.26. The van der Waals surface area contributed by atoms with Gasteiger partial charge in [-0.2, -0.15) is 10.2 Å². The molecule has 1 N–H and O–H groups in total. The molecule has 0 saturated heterocycles. The Morgan fingerprint density at radius 3 is 2.39 bits per heavy atom. The van der Waals surface area contributed by atoms with E-state index in [1.54, 1.807) is 16.8 Å². The molecular formula is C22H23ClN4O. The third kappa shape index (κ3) is 4.67. The van der Waals surface area contributed by atoms with Crippen molar-refractivity contribution in [3.05, 3.63) is 87.2 Å². The molecule has 0 aliphatic rings. The number of nitrogens with zero attached hydrogens (tertiary/aromatic N) is 3. The van der Waals surface area contributed by atoms with Crippen LogP contribution in [-0.4, -0.2) is 21.9 Å². The van der Waals surface area contributed by atoms with E-state index in [2.05, 4.69) is 53.7 Å². The van der Waals surface area contributed by atoms with E-state index < -0.39 is 0 Å². The van der Waals surface area contributed by atoms with Crippen molar-refractivity contribution in [1.29, 1.82) is 0 Å². The van der Waals surface area contributed by atoms with Crippen LogP contribution in [0.5, 0.6) is 0 Å². The number of aromatic nitrogens is 2. The highest BCUT2D eigenvalue weighted by Gasteiger charge is 2.12. The summed E-state index contributed by atoms with van der Waals surface area (Å²) < 4.78 is 1.73. The Labute approximate surface area is 170 Å². The Morgan fingerprint density at radius 1 is 1.11 bits per heavy atom. The molecule has 0 bridgehead atoms. The van der Waals surface area contributed by atoms with Gasteiger partial charge in [-0.05, 0) is 43.5 Å². The summed E-state index contributed by atoms with van der Waals surface area (Å²) in [5.41, 5.74) is 8.05. The zero-order valence-corrected chi connectivity index (χ0v) is 17.0. The number of hydrazone groups is 1. The molecule has 0 aliphatic heterocycles. The molecule has 3 aromatic rings. The van der Waals surface area contributed by atoms with Crippen molar-refractivity contribution in [3.63, 3.8) is 0 Å². The minimum atomic E-state index is -0.264. The third-order valence-electron chi connectivity index (χ3n) is 4.55. The van der Waals surface area contributed by atoms with Crippen LogP contribution in [0.15, 0.2) is 53.6 Å². The molecule has 0 fully saturated rings. The highest BCUT2D eigenvalue weighted by atomic mass is 35.5. The lowest BCUT2D eigenvalue weighted by molar-refractivity contribution is 0.0955. The summed E-state index contributed by atoms with van der Waals surface area (Å²) in [5, 5.41) is 9.02. The predicted octanol–water partition coefficient (Wildman–Crippen LogP) is 4.53. The maximum absolute atomic E-state index is 12.2. The smallest absolute Gasteiger partial charge is 0.267 e. The second-order valence-corrected chi connectivity index (χ2v) is 7.04. The highest BCUT2D eigenvalue weighted by Crippen LogP contribution is 2.19. The SMILES string of the molecule is CCc1ccc(C(=O)N/N=C\c2c(C)nn(Cc3ccc(C)cc3)c2Cl)cc1. The Morgan fingerprint density at radius 2 is 1.75 bits per heavy atom. The summed E-state index contributed by atoms with van der Waals surface area (Å²) in [6, 6.07) is 15.7. The lowest BCUT2D eigenvalue weighted by atomic mass is 10.1. The zero-order chi connectivity index (χ0) is 20.1. The fraction of sp³-hybridized carbons (Fsp3) is 0.227. The van der Waals surface area contributed by atoms with Crippen LogP contribution >= 0.6 is 11.6 Å². The van der Waals surface area contributed by atoms with E-state index in [0.717, 1.165) is 17.7 Å². The highest BCUT2D eigenvalue weighted by molar-refractivity contribution is 6.32. The van der Waals surface area contributed by atoms with Crippen molar-refractivity contribution < 1.29 is 4.79 Å². The largest absolute Gasteiger partial charge is 0.271 e. The molecule has 0 spiro atoms. The number of aryl methyl sites for hydroxylation is 3. The lowest BCUT2D eigenvalue weighted by Gasteiger charge is -2.04. The van der Waals surface area contributed by atoms with Crippen LogP contribution < -0.4 is 5.43 Å². The number of benzene rings is 2. The average Bonchev–Trinajstić information content (AvgIpc) is 2.97. The number of hydrogen-bond donors (Lipinski definition) is 1. The molecule has 1 aromatic heterocycles. The van der Waals surface area contributed by atoms with Crippen LogP contribution in [0.3, 0.4) is 0 Å². The van der Waals surface area contributed by atoms with E-state index in [1.165, 1.54) is 17.3 Å². The summed E-state index contributed by atoms with van der Waals surface area (Å²) in [4.78, 5) is 12.2. The summed E-state index contributed by atoms with van der Waals surface area (Å²) in [5.74, 6) is -0.264. The maximum Gasteiger partial charge on any atom is 0.271 e. The van der Waals surface area contributed by atoms with Gasteiger partial charge in [-0.15, -0.1) is 0 Å². The van der Waals surface area contributed by atoms with Gasteiger partial charge in [0.1, 0.15) is 5.15 Å². The number of nitrogens with one attached hydrogen (secondary N) is 1. The van der Waals surface area contributed by atoms with E-state index in [9.17, 15) is 4.79 Å². The normalized spacial score (nSPS) is 11.1. The van der Waals surface area contributed by atoms with Gasteiger partial charge in [0.15, 0.2) is 0 Å². The van der Waals surface area contributed by atoms with E-state index >= 15 is 0 Å². The molecule has 0 radical (unpaired) electrons. The quantitative estimate of drug-likeness (QED) is 0.493. The second kappa shape index (κ2) is 8.85. The minimum absolute atomic E-state index is 0.264. The van der Waals surface area contributed by atoms with Crippen molar-refractivity contribution in [2.24, 2.45) is 5.10 Å². The standard InChI is InChI=1S/C22H23ClN4O/c1-4-17-9-11-19(12-10-17)22(28)25-24-13-20-16(3)26-27(21(20)23)14-18-7-5-15(2)6-8-18/h5-13H,4,14H2,1-3H3,(H,25,28)/b24-13-. The Balaban J connectivity index is 1.68. The van der Waals surface area contributed by atoms with Crippen molar-refractivity contribution in [2.45, 2.75) is 33.7 Å². The Bertz CT molecular complexity index is 989. The fourth-order valence-corrected chi connectivity index (χ4v) is 3.08. The molecule has 0 unspecified atom stereocenters. The summed E-state index contributed by atoms with van der Waals surface area (Å²) >= 11 is 6.47. The average molecular weight is 395 g/mol. The molecule has 1 heterocycles. The number of carbonyl (C=O) groups is 1. The topological polar surface area (TPSA) is 59.3 Å². The van der Waals surface area contributed by atoms with Crippen LogP contribution in [0.4, 0.5) is 0 Å². The van der Waals surface area contributed by atoms with Gasteiger partial charge in [0.2, 0.25) is 0 Å². The molecule has 0 saturated carbocycles. The van der Waals surface area contributed by atoms with Crippen molar-refractivity contribution in [1.82, 2.24) is 15.2 Å². The molecular weight excluding hydrogens is 372 g/mol. The number of rotatable bonds is 6. The summed E-state index contributed by atoms with van der Waals surface area (Å²) in [6.07, 6.45) is 2.47. The van der Waals surface area contributed by atoms with Crippen LogP contribution in [0.25, 0.3) is 0 Å². The van der Waals surface area contributed by atoms with E-state index in [-0.39, 0.29) is 5.91 Å². The first-order valence-electron chi connectivity index (χ1n) is 9.18. The van der Waals surface area contributed by atoms with Crippen molar-refractivity contribution in [3.8, 4) is 0 Å². The molecule has 144 valence electrons. The number of halogens is 1. The van der Waals surface area contributed by atoms with Gasteiger partial charge in [-0.25, -0.2) is 10.1 Å². The number of carbonyl (C=O) groups excluding carboxylic acids is 1. The molecule has 3 rings (SSSR count). The monoisotopic (exact) mass is 394 g/mol. The molecule has 0 atom stereocenters. The van der Waals surface area contributed by atoms with E-state index in [4.69, 9.17) is 11.6 Å². The van der Waals surface area contributed by atoms with Crippen LogP contribution in [0.2, 0.25) is 5.15 Å². The van der Waals surface area contributed by atoms with Gasteiger partial charge in [-0.1, -0.05) is 60.5 Å². The molecule has 2 aromatic carbocycles. The van der Waals surface area contributed by atoms with E-state index in [0.29, 0.717) is 22.8 Å². The third-order valence-corrected chi connectivity index (χ3v) is 4.95. The van der Waals surface area contributed by atoms with Gasteiger partial charge in [0, 0.05) is 5.56 Å². The first-order valence-corrected chi connectivity index (χ1v) is 9.56. The zero-order valence-electron chi connectivity index (χ0n) is 16.2. The Hall–Kier alpha value is -2.92. The molecule has 1 amide bonds. The first kappa shape index (κ1) is 19.8. The van der Waals surface area contributed by atoms with Gasteiger partial charge in [0.05, 0.1) is 24.0 Å². The summed E-state index contributed by atoms with van der Waals surface area (Å²) in [7, 11) is 0. The van der Waals surface area contributed by atoms with Gasteiger partial charge >= 0.3 is 0 Å². The lowest BCUT2D eigenvalue weighted by Crippen LogP contribution is -2.17. The molecule has 6 heteroatoms. The second-order valence-electron chi connectivity index (χ2n) is 6.68. The van der Waals surface area contributed by atoms with Gasteiger partial charge in [-0.3, -0.25) is 4.79 Å². The van der Waals surface area contributed by atoms with Crippen molar-refractivity contribution in [2.75, 3.05) is 0 Å². The number of hydrogen-bond acceptors (Lipinski definition) is 3.